The lowest BCUT2D eigenvalue weighted by atomic mass is 9.80. The second-order valence-electron chi connectivity index (χ2n) is 7.16. The molecule has 4 nitrogen and oxygen atoms in total. The van der Waals surface area contributed by atoms with Crippen LogP contribution in [0.25, 0.3) is 0 Å². The number of fused-ring (bicyclic) bond motifs is 1. The van der Waals surface area contributed by atoms with E-state index in [1.807, 2.05) is 12.1 Å². The van der Waals surface area contributed by atoms with E-state index in [1.165, 1.54) is 6.42 Å². The maximum absolute atomic E-state index is 11.7. The van der Waals surface area contributed by atoms with Crippen molar-refractivity contribution >= 4 is 28.9 Å². The van der Waals surface area contributed by atoms with Gasteiger partial charge in [-0.15, -0.1) is 0 Å². The molecule has 2 atom stereocenters. The lowest BCUT2D eigenvalue weighted by molar-refractivity contribution is -0.116. The second-order valence-corrected chi connectivity index (χ2v) is 7.56. The summed E-state index contributed by atoms with van der Waals surface area (Å²) >= 11 is 6.43. The summed E-state index contributed by atoms with van der Waals surface area (Å²) in [6, 6.07) is 3.19. The van der Waals surface area contributed by atoms with Crippen molar-refractivity contribution in [1.29, 1.82) is 0 Å². The van der Waals surface area contributed by atoms with Crippen molar-refractivity contribution in [1.82, 2.24) is 0 Å². The van der Waals surface area contributed by atoms with Gasteiger partial charge >= 0.3 is 0 Å². The van der Waals surface area contributed by atoms with Crippen LogP contribution in [0.15, 0.2) is 12.1 Å². The molecule has 1 aromatic rings. The molecule has 1 fully saturated rings. The van der Waals surface area contributed by atoms with Crippen LogP contribution in [0.3, 0.4) is 0 Å². The summed E-state index contributed by atoms with van der Waals surface area (Å²) in [6.07, 6.45) is 1.17. The summed E-state index contributed by atoms with van der Waals surface area (Å²) in [6.45, 7) is 8.85. The minimum atomic E-state index is -0.604. The zero-order chi connectivity index (χ0) is 15.4. The molecule has 3 rings (SSSR count). The van der Waals surface area contributed by atoms with Gasteiger partial charge in [0.2, 0.25) is 5.91 Å². The van der Waals surface area contributed by atoms with Crippen molar-refractivity contribution in [2.24, 2.45) is 17.1 Å². The normalized spacial score (nSPS) is 25.2. The van der Waals surface area contributed by atoms with Crippen molar-refractivity contribution in [2.45, 2.75) is 33.2 Å². The number of halogens is 1. The number of amides is 1. The molecule has 0 aliphatic carbocycles. The Hall–Kier alpha value is -1.26. The zero-order valence-corrected chi connectivity index (χ0v) is 13.5. The fourth-order valence-electron chi connectivity index (χ4n) is 3.22. The van der Waals surface area contributed by atoms with Crippen molar-refractivity contribution in [3.8, 4) is 0 Å². The van der Waals surface area contributed by atoms with Gasteiger partial charge in [0.1, 0.15) is 6.04 Å². The molecule has 1 aromatic carbocycles. The molecule has 2 aliphatic rings. The molecular weight excluding hydrogens is 286 g/mol. The molecule has 2 heterocycles. The molecule has 0 saturated carbocycles. The summed E-state index contributed by atoms with van der Waals surface area (Å²) in [5.41, 5.74) is 8.74. The number of hydrogen-bond donors (Lipinski definition) is 2. The summed E-state index contributed by atoms with van der Waals surface area (Å²) in [4.78, 5) is 14.0. The van der Waals surface area contributed by atoms with Gasteiger partial charge in [-0.05, 0) is 29.9 Å². The van der Waals surface area contributed by atoms with Crippen molar-refractivity contribution in [2.75, 3.05) is 23.3 Å². The third-order valence-corrected chi connectivity index (χ3v) is 5.05. The molecule has 3 N–H and O–H groups in total. The van der Waals surface area contributed by atoms with E-state index in [0.29, 0.717) is 16.4 Å². The maximum Gasteiger partial charge on any atom is 0.245 e. The Bertz CT molecular complexity index is 594. The van der Waals surface area contributed by atoms with Crippen LogP contribution in [-0.2, 0) is 4.79 Å². The van der Waals surface area contributed by atoms with E-state index in [0.717, 1.165) is 30.0 Å². The van der Waals surface area contributed by atoms with Gasteiger partial charge in [-0.2, -0.15) is 0 Å². The number of nitrogens with zero attached hydrogens (tertiary/aromatic N) is 1. The average Bonchev–Trinajstić information content (AvgIpc) is 2.96. The number of carbonyl (C=O) groups is 1. The lowest BCUT2D eigenvalue weighted by Gasteiger charge is -2.28. The SMILES string of the molecule is CC(C)(C)C1CCN(c2cc3c(cc2Cl)C(N)C(=O)N3)C1. The van der Waals surface area contributed by atoms with Crippen LogP contribution in [0, 0.1) is 11.3 Å². The van der Waals surface area contributed by atoms with Crippen LogP contribution < -0.4 is 16.0 Å². The summed E-state index contributed by atoms with van der Waals surface area (Å²) in [5.74, 6) is 0.492. The molecule has 1 saturated heterocycles. The monoisotopic (exact) mass is 307 g/mol. The molecule has 114 valence electrons. The van der Waals surface area contributed by atoms with E-state index in [-0.39, 0.29) is 5.91 Å². The van der Waals surface area contributed by atoms with Gasteiger partial charge in [0.25, 0.3) is 0 Å². The highest BCUT2D eigenvalue weighted by Crippen LogP contribution is 2.41. The predicted octanol–water partition coefficient (Wildman–Crippen LogP) is 3.16. The molecule has 0 aromatic heterocycles. The Labute approximate surface area is 130 Å². The van der Waals surface area contributed by atoms with Crippen LogP contribution in [0.2, 0.25) is 5.02 Å². The largest absolute Gasteiger partial charge is 0.370 e. The predicted molar refractivity (Wildman–Crippen MR) is 86.8 cm³/mol. The first-order valence-electron chi connectivity index (χ1n) is 7.42. The van der Waals surface area contributed by atoms with Gasteiger partial charge in [-0.3, -0.25) is 4.79 Å². The van der Waals surface area contributed by atoms with Crippen molar-refractivity contribution in [3.05, 3.63) is 22.7 Å². The van der Waals surface area contributed by atoms with Crippen LogP contribution in [0.5, 0.6) is 0 Å². The first kappa shape index (κ1) is 14.7. The number of rotatable bonds is 1. The highest BCUT2D eigenvalue weighted by molar-refractivity contribution is 6.33. The molecule has 0 bridgehead atoms. The minimum absolute atomic E-state index is 0.160. The third kappa shape index (κ3) is 2.51. The number of nitrogens with one attached hydrogen (secondary N) is 1. The first-order chi connectivity index (χ1) is 9.77. The molecule has 2 unspecified atom stereocenters. The number of nitrogens with two attached hydrogens (primary N) is 1. The standard InChI is InChI=1S/C16H22ClN3O/c1-16(2,3)9-4-5-20(8-9)13-7-12-10(6-11(13)17)14(18)15(21)19-12/h6-7,9,14H,4-5,8,18H2,1-3H3,(H,19,21). The van der Waals surface area contributed by atoms with Crippen LogP contribution >= 0.6 is 11.6 Å². The fourth-order valence-corrected chi connectivity index (χ4v) is 3.51. The summed E-state index contributed by atoms with van der Waals surface area (Å²) in [7, 11) is 0. The first-order valence-corrected chi connectivity index (χ1v) is 7.80. The maximum atomic E-state index is 11.7. The molecule has 0 radical (unpaired) electrons. The van der Waals surface area contributed by atoms with Crippen LogP contribution in [-0.4, -0.2) is 19.0 Å². The van der Waals surface area contributed by atoms with Gasteiger partial charge in [-0.25, -0.2) is 0 Å². The summed E-state index contributed by atoms with van der Waals surface area (Å²) in [5, 5.41) is 3.51. The van der Waals surface area contributed by atoms with Gasteiger partial charge in [-0.1, -0.05) is 32.4 Å². The smallest absolute Gasteiger partial charge is 0.245 e. The Morgan fingerprint density at radius 2 is 2.10 bits per heavy atom. The van der Waals surface area contributed by atoms with Gasteiger partial charge in [0.15, 0.2) is 0 Å². The van der Waals surface area contributed by atoms with Gasteiger partial charge in [0.05, 0.1) is 10.7 Å². The Morgan fingerprint density at radius 3 is 2.71 bits per heavy atom. The van der Waals surface area contributed by atoms with Crippen molar-refractivity contribution in [3.63, 3.8) is 0 Å². The number of carbonyl (C=O) groups excluding carboxylic acids is 1. The molecule has 1 amide bonds. The van der Waals surface area contributed by atoms with Gasteiger partial charge in [0, 0.05) is 24.3 Å². The van der Waals surface area contributed by atoms with Crippen LogP contribution in [0.1, 0.15) is 38.8 Å². The highest BCUT2D eigenvalue weighted by Gasteiger charge is 2.34. The second kappa shape index (κ2) is 4.89. The lowest BCUT2D eigenvalue weighted by Crippen LogP contribution is -2.26. The molecule has 2 aliphatic heterocycles. The minimum Gasteiger partial charge on any atom is -0.370 e. The molecule has 0 spiro atoms. The highest BCUT2D eigenvalue weighted by atomic mass is 35.5. The third-order valence-electron chi connectivity index (χ3n) is 4.75. The molecular formula is C16H22ClN3O. The number of anilines is 2. The van der Waals surface area contributed by atoms with E-state index in [9.17, 15) is 4.79 Å². The quantitative estimate of drug-likeness (QED) is 0.838. The Morgan fingerprint density at radius 1 is 1.38 bits per heavy atom. The fraction of sp³-hybridized carbons (Fsp3) is 0.562. The van der Waals surface area contributed by atoms with Crippen molar-refractivity contribution < 1.29 is 4.79 Å². The van der Waals surface area contributed by atoms with E-state index >= 15 is 0 Å². The summed E-state index contributed by atoms with van der Waals surface area (Å²) < 4.78 is 0. The Balaban J connectivity index is 1.88. The topological polar surface area (TPSA) is 58.4 Å². The van der Waals surface area contributed by atoms with E-state index in [2.05, 4.69) is 31.0 Å². The Kier molecular flexibility index (Phi) is 3.41. The molecule has 5 heteroatoms. The van der Waals surface area contributed by atoms with Crippen LogP contribution in [0.4, 0.5) is 11.4 Å². The van der Waals surface area contributed by atoms with E-state index < -0.39 is 6.04 Å². The zero-order valence-electron chi connectivity index (χ0n) is 12.7. The number of hydrogen-bond acceptors (Lipinski definition) is 3. The van der Waals surface area contributed by atoms with Gasteiger partial charge < -0.3 is 16.0 Å². The average molecular weight is 308 g/mol. The molecule has 21 heavy (non-hydrogen) atoms. The van der Waals surface area contributed by atoms with E-state index in [1.54, 1.807) is 0 Å². The van der Waals surface area contributed by atoms with E-state index in [4.69, 9.17) is 17.3 Å². The number of benzene rings is 1.